The number of guanidine groups is 1. The van der Waals surface area contributed by atoms with E-state index in [1.807, 2.05) is 23.1 Å². The Kier molecular flexibility index (Phi) is 5.10. The Morgan fingerprint density at radius 1 is 1.30 bits per heavy atom. The minimum atomic E-state index is -0.306. The van der Waals surface area contributed by atoms with Crippen LogP contribution < -0.4 is 11.1 Å². The molecule has 144 valence electrons. The van der Waals surface area contributed by atoms with Crippen molar-refractivity contribution >= 4 is 28.8 Å². The number of hydrogen-bond acceptors (Lipinski definition) is 5. The molecule has 4 rings (SSSR count). The summed E-state index contributed by atoms with van der Waals surface area (Å²) < 4.78 is 5.56. The zero-order valence-electron chi connectivity index (χ0n) is 15.2. The van der Waals surface area contributed by atoms with Gasteiger partial charge in [-0.2, -0.15) is 0 Å². The molecule has 8 heteroatoms. The van der Waals surface area contributed by atoms with Crippen LogP contribution in [0, 0.1) is 17.2 Å². The van der Waals surface area contributed by atoms with Crippen LogP contribution in [0.2, 0.25) is 0 Å². The van der Waals surface area contributed by atoms with E-state index >= 15 is 0 Å². The second kappa shape index (κ2) is 7.52. The monoisotopic (exact) mass is 387 g/mol. The normalized spacial score (nSPS) is 28.4. The molecule has 0 bridgehead atoms. The standard InChI is InChI=1S/C19H25N5O2S/c20-17(21)24-10-15-11-27-18(22-16(25)13-4-2-1-3-5-13)23-19(15,12-24)14-6-8-26-9-7-14/h1-5,14-15H,6-12H2,(H3,20,21)(H,22,23,25)/t15-,19+/m0/s1. The summed E-state index contributed by atoms with van der Waals surface area (Å²) in [6.45, 7) is 2.88. The predicted octanol–water partition coefficient (Wildman–Crippen LogP) is 1.51. The lowest BCUT2D eigenvalue weighted by molar-refractivity contribution is 0.0339. The number of fused-ring (bicyclic) bond motifs is 1. The SMILES string of the molecule is N=C(N)N1C[C@H]2CSC(NC(=O)c3ccccc3)=N[C@@]2(C2CCOCC2)C1. The molecule has 1 amide bonds. The first-order chi connectivity index (χ1) is 13.1. The van der Waals surface area contributed by atoms with E-state index in [2.05, 4.69) is 5.32 Å². The molecule has 2 saturated heterocycles. The van der Waals surface area contributed by atoms with Crippen molar-refractivity contribution in [2.24, 2.45) is 22.6 Å². The number of aliphatic imine (C=N–C) groups is 1. The van der Waals surface area contributed by atoms with Crippen LogP contribution in [0.4, 0.5) is 0 Å². The molecule has 3 heterocycles. The van der Waals surface area contributed by atoms with Crippen LogP contribution in [0.3, 0.4) is 0 Å². The molecule has 3 aliphatic rings. The van der Waals surface area contributed by atoms with Crippen molar-refractivity contribution in [3.05, 3.63) is 35.9 Å². The molecule has 2 fully saturated rings. The summed E-state index contributed by atoms with van der Waals surface area (Å²) in [4.78, 5) is 19.6. The maximum absolute atomic E-state index is 12.6. The van der Waals surface area contributed by atoms with Gasteiger partial charge < -0.3 is 20.7 Å². The molecule has 1 aromatic carbocycles. The Hall–Kier alpha value is -2.06. The number of nitrogens with two attached hydrogens (primary N) is 1. The number of amides is 1. The Bertz CT molecular complexity index is 750. The highest BCUT2D eigenvalue weighted by atomic mass is 32.2. The maximum Gasteiger partial charge on any atom is 0.257 e. The van der Waals surface area contributed by atoms with Crippen LogP contribution in [0.1, 0.15) is 23.2 Å². The molecule has 0 unspecified atom stereocenters. The molecule has 1 aromatic rings. The predicted molar refractivity (Wildman–Crippen MR) is 107 cm³/mol. The van der Waals surface area contributed by atoms with E-state index in [-0.39, 0.29) is 17.4 Å². The first-order valence-corrected chi connectivity index (χ1v) is 10.3. The zero-order chi connectivity index (χ0) is 18.9. The zero-order valence-corrected chi connectivity index (χ0v) is 16.0. The van der Waals surface area contributed by atoms with Crippen LogP contribution in [0.15, 0.2) is 35.3 Å². The number of rotatable bonds is 2. The number of carbonyl (C=O) groups is 1. The van der Waals surface area contributed by atoms with Gasteiger partial charge >= 0.3 is 0 Å². The smallest absolute Gasteiger partial charge is 0.257 e. The highest BCUT2D eigenvalue weighted by Gasteiger charge is 2.54. The number of ether oxygens (including phenoxy) is 1. The van der Waals surface area contributed by atoms with Gasteiger partial charge in [-0.1, -0.05) is 30.0 Å². The maximum atomic E-state index is 12.6. The van der Waals surface area contributed by atoms with Crippen molar-refractivity contribution in [3.8, 4) is 0 Å². The second-order valence-corrected chi connectivity index (χ2v) is 8.40. The molecule has 0 aliphatic carbocycles. The van der Waals surface area contributed by atoms with Crippen LogP contribution in [-0.4, -0.2) is 59.5 Å². The van der Waals surface area contributed by atoms with Crippen molar-refractivity contribution in [2.75, 3.05) is 32.1 Å². The average molecular weight is 388 g/mol. The Balaban J connectivity index is 1.61. The van der Waals surface area contributed by atoms with E-state index in [1.54, 1.807) is 23.9 Å². The third-order valence-electron chi connectivity index (χ3n) is 5.85. The molecule has 3 aliphatic heterocycles. The van der Waals surface area contributed by atoms with Gasteiger partial charge in [0.2, 0.25) is 0 Å². The first kappa shape index (κ1) is 18.3. The Morgan fingerprint density at radius 3 is 2.74 bits per heavy atom. The fraction of sp³-hybridized carbons (Fsp3) is 0.526. The highest BCUT2D eigenvalue weighted by Crippen LogP contribution is 2.46. The number of nitrogens with one attached hydrogen (secondary N) is 2. The summed E-state index contributed by atoms with van der Waals surface area (Å²) in [6, 6.07) is 9.20. The summed E-state index contributed by atoms with van der Waals surface area (Å²) in [7, 11) is 0. The van der Waals surface area contributed by atoms with Gasteiger partial charge in [0.15, 0.2) is 11.1 Å². The second-order valence-electron chi connectivity index (χ2n) is 7.39. The van der Waals surface area contributed by atoms with E-state index in [1.165, 1.54) is 0 Å². The van der Waals surface area contributed by atoms with Crippen LogP contribution in [-0.2, 0) is 4.74 Å². The number of amidine groups is 1. The van der Waals surface area contributed by atoms with E-state index in [0.29, 0.717) is 29.1 Å². The van der Waals surface area contributed by atoms with Crippen LogP contribution >= 0.6 is 11.8 Å². The molecule has 0 spiro atoms. The van der Waals surface area contributed by atoms with Gasteiger partial charge in [-0.3, -0.25) is 15.2 Å². The van der Waals surface area contributed by atoms with Gasteiger partial charge in [0.05, 0.1) is 5.54 Å². The highest BCUT2D eigenvalue weighted by molar-refractivity contribution is 8.13. The number of benzene rings is 1. The number of likely N-dealkylation sites (tertiary alicyclic amines) is 1. The molecule has 27 heavy (non-hydrogen) atoms. The average Bonchev–Trinajstić information content (AvgIpc) is 3.10. The van der Waals surface area contributed by atoms with E-state index in [0.717, 1.165) is 38.4 Å². The quantitative estimate of drug-likeness (QED) is 0.527. The molecule has 2 atom stereocenters. The van der Waals surface area contributed by atoms with Crippen molar-refractivity contribution in [2.45, 2.75) is 18.4 Å². The number of hydrogen-bond donors (Lipinski definition) is 3. The van der Waals surface area contributed by atoms with Crippen LogP contribution in [0.5, 0.6) is 0 Å². The third-order valence-corrected chi connectivity index (χ3v) is 6.88. The summed E-state index contributed by atoms with van der Waals surface area (Å²) in [6.07, 6.45) is 1.91. The van der Waals surface area contributed by atoms with Crippen LogP contribution in [0.25, 0.3) is 0 Å². The third kappa shape index (κ3) is 3.55. The van der Waals surface area contributed by atoms with Gasteiger partial charge in [-0.15, -0.1) is 0 Å². The molecule has 4 N–H and O–H groups in total. The van der Waals surface area contributed by atoms with Crippen molar-refractivity contribution in [1.82, 2.24) is 10.2 Å². The van der Waals surface area contributed by atoms with E-state index < -0.39 is 0 Å². The molecular formula is C19H25N5O2S. The van der Waals surface area contributed by atoms with Gasteiger partial charge in [-0.05, 0) is 30.9 Å². The minimum absolute atomic E-state index is 0.103. The van der Waals surface area contributed by atoms with Gasteiger partial charge in [0, 0.05) is 43.5 Å². The lowest BCUT2D eigenvalue weighted by atomic mass is 9.73. The summed E-state index contributed by atoms with van der Waals surface area (Å²) >= 11 is 1.59. The topological polar surface area (TPSA) is 104 Å². The summed E-state index contributed by atoms with van der Waals surface area (Å²) in [5.74, 6) is 1.54. The fourth-order valence-corrected chi connectivity index (χ4v) is 5.56. The molecular weight excluding hydrogens is 362 g/mol. The fourth-order valence-electron chi connectivity index (χ4n) is 4.41. The lowest BCUT2D eigenvalue weighted by Crippen LogP contribution is -2.51. The summed E-state index contributed by atoms with van der Waals surface area (Å²) in [5.41, 5.74) is 6.11. The number of carbonyl (C=O) groups excluding carboxylic acids is 1. The van der Waals surface area contributed by atoms with E-state index in [4.69, 9.17) is 20.9 Å². The molecule has 0 saturated carbocycles. The first-order valence-electron chi connectivity index (χ1n) is 9.34. The largest absolute Gasteiger partial charge is 0.381 e. The van der Waals surface area contributed by atoms with Crippen molar-refractivity contribution < 1.29 is 9.53 Å². The molecule has 7 nitrogen and oxygen atoms in total. The summed E-state index contributed by atoms with van der Waals surface area (Å²) in [5, 5.41) is 11.5. The van der Waals surface area contributed by atoms with Crippen molar-refractivity contribution in [3.63, 3.8) is 0 Å². The van der Waals surface area contributed by atoms with E-state index in [9.17, 15) is 4.79 Å². The Morgan fingerprint density at radius 2 is 2.04 bits per heavy atom. The minimum Gasteiger partial charge on any atom is -0.381 e. The lowest BCUT2D eigenvalue weighted by Gasteiger charge is -2.42. The van der Waals surface area contributed by atoms with Gasteiger partial charge in [0.25, 0.3) is 5.91 Å². The number of nitrogens with zero attached hydrogens (tertiary/aromatic N) is 2. The molecule has 0 radical (unpaired) electrons. The number of thioether (sulfide) groups is 1. The van der Waals surface area contributed by atoms with Gasteiger partial charge in [-0.25, -0.2) is 0 Å². The Labute approximate surface area is 163 Å². The van der Waals surface area contributed by atoms with Gasteiger partial charge in [0.1, 0.15) is 0 Å². The van der Waals surface area contributed by atoms with Crippen molar-refractivity contribution in [1.29, 1.82) is 5.41 Å². The molecule has 0 aromatic heterocycles.